The van der Waals surface area contributed by atoms with Gasteiger partial charge in [0.05, 0.1) is 30.5 Å². The van der Waals surface area contributed by atoms with Gasteiger partial charge in [-0.05, 0) is 0 Å². The molecule has 0 aromatic rings. The second kappa shape index (κ2) is 296. The van der Waals surface area contributed by atoms with Gasteiger partial charge in [0, 0.05) is 0 Å². The molecule has 48 N–H and O–H groups in total. The summed E-state index contributed by atoms with van der Waals surface area (Å²) in [5.41, 5.74) is 40.5. The van der Waals surface area contributed by atoms with Crippen LogP contribution in [0.25, 0.3) is 0 Å². The van der Waals surface area contributed by atoms with Crippen LogP contribution < -0.4 is 0 Å². The average molecular weight is 799 g/mol. The van der Waals surface area contributed by atoms with Crippen LogP contribution in [0.1, 0.15) is 0 Å². The first kappa shape index (κ1) is 23.9. The fourth-order valence-electron chi connectivity index (χ4n) is 0. The van der Waals surface area contributed by atoms with Crippen LogP contribution in [0.2, 0.25) is 0 Å². The maximum atomic E-state index is 8.25. The molecule has 0 fully saturated rings. The van der Waals surface area contributed by atoms with Gasteiger partial charge in [-0.15, -0.1) is 0 Å². The van der Waals surface area contributed by atoms with Crippen molar-refractivity contribution in [3.8, 4) is 0 Å². The predicted molar refractivity (Wildman–Crippen MR) is 154 cm³/mol. The van der Waals surface area contributed by atoms with Crippen molar-refractivity contribution in [1.29, 1.82) is 51.5 Å². The van der Waals surface area contributed by atoms with E-state index in [1.54, 1.807) is 0 Å². The second-order valence-electron chi connectivity index (χ2n) is 1.34. The summed E-state index contributed by atoms with van der Waals surface area (Å²) in [4.78, 5) is 49.5. The predicted octanol–water partition coefficient (Wildman–Crippen LogP) is -18.2. The molecule has 0 aromatic carbocycles. The zero-order chi connectivity index (χ0) is 70.2. The van der Waals surface area contributed by atoms with Gasteiger partial charge in [0.1, 0.15) is 0 Å². The summed E-state index contributed by atoms with van der Waals surface area (Å²) in [5.74, 6) is 0. The molecule has 0 heterocycles. The van der Waals surface area contributed by atoms with Crippen molar-refractivity contribution in [3.63, 3.8) is 0 Å². The summed E-state index contributed by atoms with van der Waals surface area (Å²) in [6.45, 7) is 0. The summed E-state index contributed by atoms with van der Waals surface area (Å²) in [5, 5.41) is 88.5. The molecule has 0 saturated carbocycles. The Morgan fingerprint density at radius 2 is 0.318 bits per heavy atom. The van der Waals surface area contributed by atoms with Gasteiger partial charge in [0.2, 0.25) is 17.2 Å². The summed E-state index contributed by atoms with van der Waals surface area (Å²) >= 11 is 0. The first-order chi connectivity index (χ1) is 35.8. The molecule has 0 unspecified atom stereocenters. The number of hydrogen-bond donors (Lipinski definition) is 0. The van der Waals surface area contributed by atoms with Crippen LogP contribution in [0.3, 0.4) is 0 Å². The van der Waals surface area contributed by atoms with E-state index in [0.717, 1.165) is 0 Å². The third-order valence-corrected chi connectivity index (χ3v) is 0. The number of nitrogens with zero attached hydrogens (tertiary/aromatic N) is 6. The van der Waals surface area contributed by atoms with E-state index in [0.29, 0.717) is 0 Å². The minimum atomic E-state index is -1.75. The summed E-state index contributed by atoms with van der Waals surface area (Å²) in [7, 11) is 0. The Balaban J connectivity index is -0.0000000158. The van der Waals surface area contributed by atoms with Gasteiger partial charge in [-0.2, -0.15) is 0 Å². The van der Waals surface area contributed by atoms with Crippen molar-refractivity contribution in [2.24, 2.45) is 0 Å². The Bertz CT molecular complexity index is 521. The summed E-state index contributed by atoms with van der Waals surface area (Å²) in [6.07, 6.45) is 0. The van der Waals surface area contributed by atoms with Gasteiger partial charge in [-0.3, -0.25) is 0 Å². The minimum Gasteiger partial charge on any atom is -0.457 e. The molecule has 44 heteroatoms. The standard InChI is InChI=1S/2Al.6NO3.18H2O/c;;6*2-1(3)4;;;;;;;;;;;;;;;;;;/h;;;;;;;;18*1H2/q2*+3;6*-1;;;;;;;;;;;;;;;;;;/p+12/i/hD36. The molecule has 44 heavy (non-hydrogen) atoms. The Hall–Kier alpha value is -4.46. The van der Waals surface area contributed by atoms with Crippen LogP contribution in [-0.2, 0) is 65.8 Å². The van der Waals surface area contributed by atoms with Crippen LogP contribution in [0.4, 0.5) is 0 Å². The third kappa shape index (κ3) is 2530. The number of hydrogen-bond acceptors (Lipinski definition) is 18. The first-order valence-electron chi connectivity index (χ1n) is 18.9. The van der Waals surface area contributed by atoms with E-state index in [1.165, 1.54) is 0 Å². The van der Waals surface area contributed by atoms with E-state index in [1.807, 2.05) is 65.8 Å². The maximum absolute atomic E-state index is 8.25. The Labute approximate surface area is 310 Å². The molecular formula is H48Al2N6O36+12. The van der Waals surface area contributed by atoms with Gasteiger partial charge in [-0.25, -0.2) is 0 Å². The summed E-state index contributed by atoms with van der Waals surface area (Å²) < 4.78 is 196. The van der Waals surface area contributed by atoms with Gasteiger partial charge >= 0.3 is 69.1 Å². The largest absolute Gasteiger partial charge is 3.00 e. The Morgan fingerprint density at radius 1 is 0.318 bits per heavy atom. The van der Waals surface area contributed by atoms with Gasteiger partial charge < -0.3 is 191 Å². The molecule has 0 atom stereocenters. The van der Waals surface area contributed by atoms with E-state index in [9.17, 15) is 0 Å². The molecule has 288 valence electrons. The van der Waals surface area contributed by atoms with Gasteiger partial charge in [0.25, 0.3) is 0 Å². The Morgan fingerprint density at radius 3 is 0.318 bits per heavy atom. The third-order valence-electron chi connectivity index (χ3n) is 0. The molecule has 0 spiro atoms. The zero-order valence-corrected chi connectivity index (χ0v) is 21.3. The second-order valence-corrected chi connectivity index (χ2v) is 1.34. The van der Waals surface area contributed by atoms with E-state index in [2.05, 4.69) is 32.9 Å². The molecule has 0 aromatic heterocycles. The topological polar surface area (TPSA) is 982 Å². The molecule has 0 rings (SSSR count). The fraction of sp³-hybridized carbons (Fsp3) is 0. The molecule has 0 saturated heterocycles. The van der Waals surface area contributed by atoms with Crippen molar-refractivity contribution < 1.29 is 129 Å². The SMILES string of the molecule is O=[N+]([O-])[O-].O=[N+]([O-])[O-].O=[N+]([O-])[O-].O=[N+]([O-])[O-].O=[N+]([O-])[O-].O=[N+]([O-])[O-].[2H]O[2H].[2H]O[2H].[2H]O[2H].[2H]O[2H].[2H]O[2H].[2H]O[2H].[2H][OH+][2H].[2H][OH+][2H].[2H][OH+][2H].[2H][OH+][2H].[2H][OH+][2H].[2H][OH+][2H].[2H][OH+][2H].[2H][OH+][2H].[2H][OH+][2H].[2H][OH+][2H].[2H][OH+][2H].[2H][OH+][2H].[Al+3].[Al+3]. The van der Waals surface area contributed by atoms with E-state index in [4.69, 9.17) is 143 Å². The minimum absolute atomic E-state index is 0. The van der Waals surface area contributed by atoms with E-state index in [-0.39, 0.29) is 34.7 Å². The maximum Gasteiger partial charge on any atom is 3.00 e. The molecule has 0 bridgehead atoms. The molecule has 42 nitrogen and oxygen atoms in total. The smallest absolute Gasteiger partial charge is 0.457 e. The zero-order valence-electron chi connectivity index (χ0n) is 55.0. The molecule has 0 radical (unpaired) electrons. The molecule has 0 aliphatic heterocycles. The van der Waals surface area contributed by atoms with Crippen molar-refractivity contribution in [2.75, 3.05) is 0 Å². The van der Waals surface area contributed by atoms with E-state index < -0.39 is 30.5 Å². The molecule has 0 amide bonds. The van der Waals surface area contributed by atoms with Crippen LogP contribution in [-0.4, -0.2) is 150 Å². The van der Waals surface area contributed by atoms with Crippen LogP contribution >= 0.6 is 0 Å². The van der Waals surface area contributed by atoms with Crippen molar-refractivity contribution >= 4 is 34.7 Å². The fourth-order valence-corrected chi connectivity index (χ4v) is 0. The first-order valence-corrected chi connectivity index (χ1v) is 3.29. The molecule has 0 aliphatic carbocycles. The van der Waals surface area contributed by atoms with Crippen LogP contribution in [0.15, 0.2) is 0 Å². The van der Waals surface area contributed by atoms with Crippen molar-refractivity contribution in [1.82, 2.24) is 0 Å². The average Bonchev–Trinajstić information content (AvgIpc) is 3.22. The van der Waals surface area contributed by atoms with E-state index >= 15 is 0 Å². The van der Waals surface area contributed by atoms with Crippen LogP contribution in [0.5, 0.6) is 0 Å². The van der Waals surface area contributed by atoms with Crippen molar-refractivity contribution in [2.45, 2.75) is 0 Å². The monoisotopic (exact) mass is 798 g/mol. The molecule has 0 aliphatic rings. The van der Waals surface area contributed by atoms with Crippen LogP contribution in [0, 0.1) is 91.9 Å². The van der Waals surface area contributed by atoms with Gasteiger partial charge in [-0.1, -0.05) is 0 Å². The Kier molecular flexibility index (Phi) is 161. The molecular weight excluding hydrogens is 714 g/mol. The number of rotatable bonds is 0. The summed E-state index contributed by atoms with van der Waals surface area (Å²) in [6, 6.07) is 0. The van der Waals surface area contributed by atoms with Gasteiger partial charge in [0.15, 0.2) is 0 Å². The van der Waals surface area contributed by atoms with Crippen molar-refractivity contribution in [3.05, 3.63) is 91.9 Å². The normalized spacial score (nSPS) is 11.5. The quantitative estimate of drug-likeness (QED) is 0.0950.